The van der Waals surface area contributed by atoms with Gasteiger partial charge in [0, 0.05) is 11.6 Å². The van der Waals surface area contributed by atoms with Crippen molar-refractivity contribution in [3.8, 4) is 0 Å². The highest BCUT2D eigenvalue weighted by molar-refractivity contribution is 5.88. The van der Waals surface area contributed by atoms with Gasteiger partial charge in [-0.1, -0.05) is 6.92 Å². The SMILES string of the molecule is CCC1(C)NC(c2ccc(F)cc2F)N(CC(F)F)C1=O. The number of alkyl halides is 2. The van der Waals surface area contributed by atoms with E-state index in [0.29, 0.717) is 12.5 Å². The van der Waals surface area contributed by atoms with Crippen LogP contribution in [0.3, 0.4) is 0 Å². The van der Waals surface area contributed by atoms with Crippen LogP contribution in [-0.4, -0.2) is 29.3 Å². The zero-order valence-corrected chi connectivity index (χ0v) is 11.7. The predicted molar refractivity (Wildman–Crippen MR) is 68.6 cm³/mol. The topological polar surface area (TPSA) is 32.3 Å². The minimum atomic E-state index is -2.74. The fourth-order valence-electron chi connectivity index (χ4n) is 2.43. The summed E-state index contributed by atoms with van der Waals surface area (Å²) in [5, 5.41) is 2.88. The van der Waals surface area contributed by atoms with Gasteiger partial charge in [-0.05, 0) is 25.5 Å². The first-order valence-electron chi connectivity index (χ1n) is 6.60. The second-order valence-electron chi connectivity index (χ2n) is 5.25. The molecule has 1 aliphatic rings. The van der Waals surface area contributed by atoms with Crippen LogP contribution >= 0.6 is 0 Å². The molecular formula is C14H16F4N2O. The Balaban J connectivity index is 2.41. The summed E-state index contributed by atoms with van der Waals surface area (Å²) >= 11 is 0. The van der Waals surface area contributed by atoms with Crippen molar-refractivity contribution in [1.29, 1.82) is 0 Å². The van der Waals surface area contributed by atoms with Crippen molar-refractivity contribution in [1.82, 2.24) is 10.2 Å². The molecule has 0 aliphatic carbocycles. The number of hydrogen-bond acceptors (Lipinski definition) is 2. The van der Waals surface area contributed by atoms with Crippen molar-refractivity contribution < 1.29 is 22.4 Å². The Morgan fingerprint density at radius 1 is 1.38 bits per heavy atom. The number of nitrogens with one attached hydrogen (secondary N) is 1. The maximum Gasteiger partial charge on any atom is 0.255 e. The van der Waals surface area contributed by atoms with E-state index >= 15 is 0 Å². The van der Waals surface area contributed by atoms with Gasteiger partial charge in [0.15, 0.2) is 0 Å². The summed E-state index contributed by atoms with van der Waals surface area (Å²) in [6, 6.07) is 2.87. The van der Waals surface area contributed by atoms with Crippen LogP contribution in [0.15, 0.2) is 18.2 Å². The minimum absolute atomic E-state index is 0.0254. The number of rotatable bonds is 4. The molecule has 0 radical (unpaired) electrons. The average Bonchev–Trinajstić information content (AvgIpc) is 2.64. The Morgan fingerprint density at radius 2 is 2.05 bits per heavy atom. The zero-order chi connectivity index (χ0) is 15.8. The second kappa shape index (κ2) is 5.63. The molecule has 0 bridgehead atoms. The van der Waals surface area contributed by atoms with E-state index < -0.39 is 42.2 Å². The Kier molecular flexibility index (Phi) is 4.22. The van der Waals surface area contributed by atoms with Crippen molar-refractivity contribution in [2.45, 2.75) is 38.4 Å². The van der Waals surface area contributed by atoms with E-state index in [2.05, 4.69) is 5.32 Å². The molecular weight excluding hydrogens is 288 g/mol. The first-order chi connectivity index (χ1) is 9.78. The number of benzene rings is 1. The van der Waals surface area contributed by atoms with Crippen molar-refractivity contribution in [2.24, 2.45) is 0 Å². The third-order valence-corrected chi connectivity index (χ3v) is 3.80. The van der Waals surface area contributed by atoms with Crippen LogP contribution in [0.2, 0.25) is 0 Å². The van der Waals surface area contributed by atoms with Gasteiger partial charge in [0.1, 0.15) is 17.8 Å². The normalized spacial score (nSPS) is 26.0. The van der Waals surface area contributed by atoms with Gasteiger partial charge in [-0.25, -0.2) is 17.6 Å². The third-order valence-electron chi connectivity index (χ3n) is 3.80. The number of amides is 1. The predicted octanol–water partition coefficient (Wildman–Crippen LogP) is 2.83. The summed E-state index contributed by atoms with van der Waals surface area (Å²) in [7, 11) is 0. The van der Waals surface area contributed by atoms with Gasteiger partial charge in [0.2, 0.25) is 5.91 Å². The van der Waals surface area contributed by atoms with Crippen molar-refractivity contribution >= 4 is 5.91 Å². The Morgan fingerprint density at radius 3 is 2.57 bits per heavy atom. The van der Waals surface area contributed by atoms with E-state index in [-0.39, 0.29) is 5.56 Å². The average molecular weight is 304 g/mol. The third kappa shape index (κ3) is 2.88. The van der Waals surface area contributed by atoms with Crippen molar-refractivity contribution in [3.63, 3.8) is 0 Å². The van der Waals surface area contributed by atoms with E-state index in [1.807, 2.05) is 0 Å². The highest BCUT2D eigenvalue weighted by Gasteiger charge is 2.48. The fraction of sp³-hybridized carbons (Fsp3) is 0.500. The quantitative estimate of drug-likeness (QED) is 0.868. The lowest BCUT2D eigenvalue weighted by Crippen LogP contribution is -2.43. The maximum absolute atomic E-state index is 13.9. The number of halogens is 4. The Bertz CT molecular complexity index is 552. The van der Waals surface area contributed by atoms with Gasteiger partial charge < -0.3 is 4.90 Å². The van der Waals surface area contributed by atoms with E-state index in [0.717, 1.165) is 17.0 Å². The molecule has 1 aromatic carbocycles. The molecule has 7 heteroatoms. The van der Waals surface area contributed by atoms with Crippen LogP contribution in [0.4, 0.5) is 17.6 Å². The van der Waals surface area contributed by atoms with Gasteiger partial charge in [0.05, 0.1) is 12.1 Å². The molecule has 21 heavy (non-hydrogen) atoms. The van der Waals surface area contributed by atoms with Crippen molar-refractivity contribution in [3.05, 3.63) is 35.4 Å². The summed E-state index contributed by atoms with van der Waals surface area (Å²) in [6.45, 7) is 2.51. The highest BCUT2D eigenvalue weighted by Crippen LogP contribution is 2.34. The summed E-state index contributed by atoms with van der Waals surface area (Å²) in [4.78, 5) is 13.2. The molecule has 0 saturated carbocycles. The highest BCUT2D eigenvalue weighted by atomic mass is 19.3. The molecule has 2 unspecified atom stereocenters. The molecule has 1 heterocycles. The van der Waals surface area contributed by atoms with Gasteiger partial charge in [-0.15, -0.1) is 0 Å². The van der Waals surface area contributed by atoms with Crippen LogP contribution < -0.4 is 5.32 Å². The second-order valence-corrected chi connectivity index (χ2v) is 5.25. The summed E-state index contributed by atoms with van der Waals surface area (Å²) in [6.07, 6.45) is -3.40. The lowest BCUT2D eigenvalue weighted by Gasteiger charge is -2.24. The lowest BCUT2D eigenvalue weighted by molar-refractivity contribution is -0.134. The first-order valence-corrected chi connectivity index (χ1v) is 6.60. The molecule has 3 nitrogen and oxygen atoms in total. The number of carbonyl (C=O) groups is 1. The molecule has 1 aliphatic heterocycles. The first kappa shape index (κ1) is 15.8. The van der Waals surface area contributed by atoms with Crippen molar-refractivity contribution in [2.75, 3.05) is 6.54 Å². The summed E-state index contributed by atoms with van der Waals surface area (Å²) < 4.78 is 52.3. The summed E-state index contributed by atoms with van der Waals surface area (Å²) in [5.74, 6) is -2.15. The van der Waals surface area contributed by atoms with Gasteiger partial charge in [0.25, 0.3) is 6.43 Å². The van der Waals surface area contributed by atoms with E-state index in [4.69, 9.17) is 0 Å². The molecule has 2 rings (SSSR count). The standard InChI is InChI=1S/C14H16F4N2O/c1-3-14(2)13(21)20(7-11(17)18)12(19-14)9-5-4-8(15)6-10(9)16/h4-6,11-12,19H,3,7H2,1-2H3. The van der Waals surface area contributed by atoms with Crippen LogP contribution in [-0.2, 0) is 4.79 Å². The van der Waals surface area contributed by atoms with E-state index in [1.165, 1.54) is 0 Å². The Labute approximate surface area is 119 Å². The molecule has 0 spiro atoms. The molecule has 0 aromatic heterocycles. The minimum Gasteiger partial charge on any atom is -0.315 e. The van der Waals surface area contributed by atoms with Crippen LogP contribution in [0.5, 0.6) is 0 Å². The van der Waals surface area contributed by atoms with Gasteiger partial charge >= 0.3 is 0 Å². The Hall–Kier alpha value is -1.63. The van der Waals surface area contributed by atoms with Gasteiger partial charge in [-0.3, -0.25) is 10.1 Å². The monoisotopic (exact) mass is 304 g/mol. The van der Waals surface area contributed by atoms with Crippen LogP contribution in [0.25, 0.3) is 0 Å². The van der Waals surface area contributed by atoms with E-state index in [1.54, 1.807) is 13.8 Å². The van der Waals surface area contributed by atoms with Gasteiger partial charge in [-0.2, -0.15) is 0 Å². The van der Waals surface area contributed by atoms with Crippen LogP contribution in [0, 0.1) is 11.6 Å². The molecule has 1 saturated heterocycles. The molecule has 116 valence electrons. The molecule has 1 amide bonds. The molecule has 2 atom stereocenters. The number of hydrogen-bond donors (Lipinski definition) is 1. The molecule has 1 N–H and O–H groups in total. The molecule has 1 fully saturated rings. The maximum atomic E-state index is 13.9. The zero-order valence-electron chi connectivity index (χ0n) is 11.7. The van der Waals surface area contributed by atoms with E-state index in [9.17, 15) is 22.4 Å². The lowest BCUT2D eigenvalue weighted by atomic mass is 9.99. The molecule has 1 aromatic rings. The smallest absolute Gasteiger partial charge is 0.255 e. The number of nitrogens with zero attached hydrogens (tertiary/aromatic N) is 1. The fourth-order valence-corrected chi connectivity index (χ4v) is 2.43. The van der Waals surface area contributed by atoms with Crippen LogP contribution in [0.1, 0.15) is 32.0 Å². The number of carbonyl (C=O) groups excluding carboxylic acids is 1. The summed E-state index contributed by atoms with van der Waals surface area (Å²) in [5.41, 5.74) is -1.07. The largest absolute Gasteiger partial charge is 0.315 e.